The van der Waals surface area contributed by atoms with Crippen molar-refractivity contribution in [3.63, 3.8) is 0 Å². The summed E-state index contributed by atoms with van der Waals surface area (Å²) in [4.78, 5) is 12.1. The first kappa shape index (κ1) is 23.1. The van der Waals surface area contributed by atoms with Crippen LogP contribution >= 0.6 is 0 Å². The molecule has 0 spiro atoms. The van der Waals surface area contributed by atoms with E-state index in [0.29, 0.717) is 0 Å². The molecule has 0 radical (unpaired) electrons. The number of hydrogen-bond acceptors (Lipinski definition) is 3. The van der Waals surface area contributed by atoms with Crippen LogP contribution in [0.15, 0.2) is 72.0 Å². The third-order valence-corrected chi connectivity index (χ3v) is 3.51. The van der Waals surface area contributed by atoms with Crippen molar-refractivity contribution in [3.8, 4) is 11.5 Å². The minimum absolute atomic E-state index is 0.0216. The van der Waals surface area contributed by atoms with E-state index in [9.17, 15) is 31.1 Å². The van der Waals surface area contributed by atoms with Crippen molar-refractivity contribution in [2.75, 3.05) is 0 Å². The van der Waals surface area contributed by atoms with Crippen LogP contribution in [0.2, 0.25) is 0 Å². The van der Waals surface area contributed by atoms with Crippen LogP contribution in [0.4, 0.5) is 26.3 Å². The number of halogens is 6. The van der Waals surface area contributed by atoms with Crippen molar-refractivity contribution in [1.82, 2.24) is 0 Å². The molecule has 0 aliphatic rings. The van der Waals surface area contributed by atoms with Gasteiger partial charge in [-0.15, -0.1) is 0 Å². The Kier molecular flexibility index (Phi) is 6.96. The van der Waals surface area contributed by atoms with Gasteiger partial charge in [-0.3, -0.25) is 0 Å². The summed E-state index contributed by atoms with van der Waals surface area (Å²) in [5, 5.41) is 0. The predicted octanol–water partition coefficient (Wildman–Crippen LogP) is 6.56. The summed E-state index contributed by atoms with van der Waals surface area (Å²) in [7, 11) is 0. The molecular formula is C21H16F6O3. The molecule has 2 aromatic rings. The Labute approximate surface area is 168 Å². The molecule has 2 aromatic carbocycles. The largest absolute Gasteiger partial charge is 0.457 e. The minimum Gasteiger partial charge on any atom is -0.457 e. The van der Waals surface area contributed by atoms with E-state index in [1.54, 1.807) is 13.8 Å². The van der Waals surface area contributed by atoms with Gasteiger partial charge < -0.3 is 9.47 Å². The van der Waals surface area contributed by atoms with Crippen LogP contribution in [0, 0.1) is 0 Å². The molecule has 0 saturated heterocycles. The van der Waals surface area contributed by atoms with Crippen LogP contribution in [0.5, 0.6) is 11.5 Å². The lowest BCUT2D eigenvalue weighted by atomic mass is 10.2. The molecule has 160 valence electrons. The standard InChI is InChI=1S/C21H16F6O3/c1-13(2)11-18(29-16-7-3-14(4-8-16)20(22,23)24)12-19(28)30-17-9-5-15(6-10-17)21(25,26)27/h3-12H,1-2H3/b18-12+. The van der Waals surface area contributed by atoms with Gasteiger partial charge in [0, 0.05) is 0 Å². The number of rotatable bonds is 5. The summed E-state index contributed by atoms with van der Waals surface area (Å²) >= 11 is 0. The third kappa shape index (κ3) is 6.98. The fourth-order valence-electron chi connectivity index (χ4n) is 2.21. The first-order chi connectivity index (χ1) is 13.8. The molecule has 0 fully saturated rings. The lowest BCUT2D eigenvalue weighted by Crippen LogP contribution is -2.08. The van der Waals surface area contributed by atoms with Crippen molar-refractivity contribution in [3.05, 3.63) is 83.1 Å². The van der Waals surface area contributed by atoms with Gasteiger partial charge in [-0.25, -0.2) is 4.79 Å². The first-order valence-corrected chi connectivity index (χ1v) is 8.45. The highest BCUT2D eigenvalue weighted by Gasteiger charge is 2.30. The van der Waals surface area contributed by atoms with E-state index in [-0.39, 0.29) is 17.3 Å². The molecule has 0 atom stereocenters. The van der Waals surface area contributed by atoms with Gasteiger partial charge >= 0.3 is 18.3 Å². The number of allylic oxidation sites excluding steroid dienone is 2. The summed E-state index contributed by atoms with van der Waals surface area (Å²) in [6.07, 6.45) is -6.63. The molecule has 3 nitrogen and oxygen atoms in total. The van der Waals surface area contributed by atoms with Crippen molar-refractivity contribution in [2.24, 2.45) is 0 Å². The van der Waals surface area contributed by atoms with Crippen molar-refractivity contribution >= 4 is 5.97 Å². The number of ether oxygens (including phenoxy) is 2. The maximum absolute atomic E-state index is 12.6. The molecule has 2 rings (SSSR count). The van der Waals surface area contributed by atoms with E-state index >= 15 is 0 Å². The summed E-state index contributed by atoms with van der Waals surface area (Å²) in [6.45, 7) is 3.40. The highest BCUT2D eigenvalue weighted by atomic mass is 19.4. The maximum atomic E-state index is 12.6. The average Bonchev–Trinajstić information content (AvgIpc) is 2.60. The predicted molar refractivity (Wildman–Crippen MR) is 96.7 cm³/mol. The average molecular weight is 430 g/mol. The van der Waals surface area contributed by atoms with Crippen molar-refractivity contribution < 1.29 is 40.6 Å². The smallest absolute Gasteiger partial charge is 0.416 e. The van der Waals surface area contributed by atoms with Gasteiger partial charge in [0.05, 0.1) is 17.2 Å². The van der Waals surface area contributed by atoms with Gasteiger partial charge in [-0.2, -0.15) is 26.3 Å². The molecule has 9 heteroatoms. The fraction of sp³-hybridized carbons (Fsp3) is 0.190. The van der Waals surface area contributed by atoms with Crippen LogP contribution in [0.25, 0.3) is 0 Å². The van der Waals surface area contributed by atoms with Crippen LogP contribution < -0.4 is 9.47 Å². The Bertz CT molecular complexity index is 933. The van der Waals surface area contributed by atoms with E-state index in [4.69, 9.17) is 9.47 Å². The highest BCUT2D eigenvalue weighted by molar-refractivity contribution is 5.85. The highest BCUT2D eigenvalue weighted by Crippen LogP contribution is 2.31. The van der Waals surface area contributed by atoms with Crippen LogP contribution in [-0.2, 0) is 17.1 Å². The Balaban J connectivity index is 2.16. The molecule has 0 aliphatic carbocycles. The molecule has 0 aromatic heterocycles. The number of carbonyl (C=O) groups excluding carboxylic acids is 1. The number of hydrogen-bond donors (Lipinski definition) is 0. The van der Waals surface area contributed by atoms with E-state index in [0.717, 1.165) is 60.2 Å². The van der Waals surface area contributed by atoms with Gasteiger partial charge in [0.2, 0.25) is 0 Å². The lowest BCUT2D eigenvalue weighted by molar-refractivity contribution is -0.138. The zero-order valence-corrected chi connectivity index (χ0v) is 15.8. The summed E-state index contributed by atoms with van der Waals surface area (Å²) < 4.78 is 86.0. The molecule has 0 N–H and O–H groups in total. The zero-order valence-electron chi connectivity index (χ0n) is 15.8. The second-order valence-electron chi connectivity index (χ2n) is 6.34. The van der Waals surface area contributed by atoms with E-state index < -0.39 is 29.4 Å². The molecule has 0 saturated carbocycles. The van der Waals surface area contributed by atoms with E-state index in [1.165, 1.54) is 6.08 Å². The normalized spacial score (nSPS) is 12.3. The van der Waals surface area contributed by atoms with Gasteiger partial charge in [-0.1, -0.05) is 5.57 Å². The van der Waals surface area contributed by atoms with Crippen LogP contribution in [0.3, 0.4) is 0 Å². The molecule has 0 unspecified atom stereocenters. The number of benzene rings is 2. The first-order valence-electron chi connectivity index (χ1n) is 8.45. The Morgan fingerprint density at radius 1 is 0.700 bits per heavy atom. The minimum atomic E-state index is -4.52. The van der Waals surface area contributed by atoms with Gasteiger partial charge in [-0.05, 0) is 68.5 Å². The summed E-state index contributed by atoms with van der Waals surface area (Å²) in [5.41, 5.74) is -1.03. The summed E-state index contributed by atoms with van der Waals surface area (Å²) in [6, 6.07) is 7.36. The maximum Gasteiger partial charge on any atom is 0.416 e. The third-order valence-electron chi connectivity index (χ3n) is 3.51. The molecule has 0 bridgehead atoms. The van der Waals surface area contributed by atoms with Gasteiger partial charge in [0.25, 0.3) is 0 Å². The Morgan fingerprint density at radius 3 is 1.47 bits per heavy atom. The second kappa shape index (κ2) is 9.06. The number of esters is 1. The van der Waals surface area contributed by atoms with Gasteiger partial charge in [0.15, 0.2) is 0 Å². The summed E-state index contributed by atoms with van der Waals surface area (Å²) in [5.74, 6) is -1.02. The van der Waals surface area contributed by atoms with E-state index in [2.05, 4.69) is 0 Å². The molecular weight excluding hydrogens is 414 g/mol. The van der Waals surface area contributed by atoms with Crippen LogP contribution in [0.1, 0.15) is 25.0 Å². The van der Waals surface area contributed by atoms with Crippen LogP contribution in [-0.4, -0.2) is 5.97 Å². The quantitative estimate of drug-likeness (QED) is 0.135. The fourth-order valence-corrected chi connectivity index (χ4v) is 2.21. The lowest BCUT2D eigenvalue weighted by Gasteiger charge is -2.10. The number of carbonyl (C=O) groups is 1. The zero-order chi connectivity index (χ0) is 22.5. The van der Waals surface area contributed by atoms with Crippen molar-refractivity contribution in [1.29, 1.82) is 0 Å². The molecule has 0 heterocycles. The monoisotopic (exact) mass is 430 g/mol. The second-order valence-corrected chi connectivity index (χ2v) is 6.34. The SMILES string of the molecule is CC(C)=C/C(=C\C(=O)Oc1ccc(C(F)(F)F)cc1)Oc1ccc(C(F)(F)F)cc1. The topological polar surface area (TPSA) is 35.5 Å². The molecule has 0 aliphatic heterocycles. The van der Waals surface area contributed by atoms with Crippen molar-refractivity contribution in [2.45, 2.75) is 26.2 Å². The van der Waals surface area contributed by atoms with E-state index in [1.807, 2.05) is 0 Å². The van der Waals surface area contributed by atoms with Gasteiger partial charge in [0.1, 0.15) is 17.3 Å². The molecule has 0 amide bonds. The Hall–Kier alpha value is -3.23. The molecule has 30 heavy (non-hydrogen) atoms. The number of alkyl halides is 6. The Morgan fingerprint density at radius 2 is 1.10 bits per heavy atom.